The zero-order chi connectivity index (χ0) is 26.1. The van der Waals surface area contributed by atoms with Gasteiger partial charge in [0.15, 0.2) is 5.43 Å². The minimum Gasteiger partial charge on any atom is -0.478 e. The Morgan fingerprint density at radius 3 is 2.43 bits per heavy atom. The van der Waals surface area contributed by atoms with Crippen LogP contribution >= 0.6 is 0 Å². The molecule has 0 radical (unpaired) electrons. The average Bonchev–Trinajstić information content (AvgIpc) is 2.91. The zero-order valence-corrected chi connectivity index (χ0v) is 21.2. The second-order valence-electron chi connectivity index (χ2n) is 9.48. The van der Waals surface area contributed by atoms with Gasteiger partial charge in [0, 0.05) is 41.2 Å². The number of carboxylic acids is 1. The van der Waals surface area contributed by atoms with E-state index in [9.17, 15) is 14.7 Å². The summed E-state index contributed by atoms with van der Waals surface area (Å²) in [5.41, 5.74) is 5.33. The highest BCUT2D eigenvalue weighted by Gasteiger charge is 2.20. The number of para-hydroxylation sites is 1. The number of rotatable bonds is 6. The third-order valence-corrected chi connectivity index (χ3v) is 6.89. The topological polar surface area (TPSA) is 92.0 Å². The SMILES string of the molecule is Cc1cc([C@H](C)Nc2ccccc2C(=O)O)c2oc(-c3ccc(N4CCOCC4)cc3)c(C)c(=O)c2c1. The number of ether oxygens (including phenoxy) is 1. The molecule has 0 saturated carbocycles. The molecule has 37 heavy (non-hydrogen) atoms. The average molecular weight is 499 g/mol. The van der Waals surface area contributed by atoms with E-state index in [0.29, 0.717) is 41.2 Å². The first-order chi connectivity index (χ1) is 17.8. The summed E-state index contributed by atoms with van der Waals surface area (Å²) in [6, 6.07) is 18.4. The van der Waals surface area contributed by atoms with E-state index in [4.69, 9.17) is 9.15 Å². The number of carboxylic acid groups (broad SMARTS) is 1. The molecule has 4 aromatic rings. The van der Waals surface area contributed by atoms with Gasteiger partial charge in [0.25, 0.3) is 0 Å². The Hall–Kier alpha value is -4.10. The summed E-state index contributed by atoms with van der Waals surface area (Å²) in [4.78, 5) is 27.5. The van der Waals surface area contributed by atoms with Crippen LogP contribution in [0.25, 0.3) is 22.3 Å². The normalized spacial score (nSPS) is 14.5. The van der Waals surface area contributed by atoms with E-state index >= 15 is 0 Å². The zero-order valence-electron chi connectivity index (χ0n) is 21.2. The Labute approximate surface area is 215 Å². The van der Waals surface area contributed by atoms with Gasteiger partial charge in [-0.1, -0.05) is 18.2 Å². The Bertz CT molecular complexity index is 1520. The number of aromatic carboxylic acids is 1. The molecular weight excluding hydrogens is 468 g/mol. The molecule has 7 nitrogen and oxygen atoms in total. The molecule has 1 aliphatic rings. The number of aryl methyl sites for hydroxylation is 1. The maximum Gasteiger partial charge on any atom is 0.337 e. The van der Waals surface area contributed by atoms with Crippen molar-refractivity contribution in [1.29, 1.82) is 0 Å². The van der Waals surface area contributed by atoms with Crippen molar-refractivity contribution in [2.75, 3.05) is 36.5 Å². The highest BCUT2D eigenvalue weighted by Crippen LogP contribution is 2.33. The Kier molecular flexibility index (Phi) is 6.72. The number of morpholine rings is 1. The maximum absolute atomic E-state index is 13.5. The number of nitrogens with one attached hydrogen (secondary N) is 1. The molecule has 0 bridgehead atoms. The molecule has 190 valence electrons. The monoisotopic (exact) mass is 498 g/mol. The molecule has 2 N–H and O–H groups in total. The Balaban J connectivity index is 1.57. The second-order valence-corrected chi connectivity index (χ2v) is 9.48. The Morgan fingerprint density at radius 1 is 1.03 bits per heavy atom. The van der Waals surface area contributed by atoms with E-state index in [-0.39, 0.29) is 17.0 Å². The third-order valence-electron chi connectivity index (χ3n) is 6.89. The first-order valence-electron chi connectivity index (χ1n) is 12.4. The van der Waals surface area contributed by atoms with Gasteiger partial charge in [0.05, 0.1) is 30.2 Å². The summed E-state index contributed by atoms with van der Waals surface area (Å²) in [6.45, 7) is 8.79. The molecule has 7 heteroatoms. The van der Waals surface area contributed by atoms with Gasteiger partial charge in [0.1, 0.15) is 11.3 Å². The number of hydrogen-bond donors (Lipinski definition) is 2. The highest BCUT2D eigenvalue weighted by atomic mass is 16.5. The minimum absolute atomic E-state index is 0.0726. The fraction of sp³-hybridized carbons (Fsp3) is 0.267. The van der Waals surface area contributed by atoms with E-state index < -0.39 is 5.97 Å². The lowest BCUT2D eigenvalue weighted by Crippen LogP contribution is -2.36. The maximum atomic E-state index is 13.5. The Morgan fingerprint density at radius 2 is 1.73 bits per heavy atom. The van der Waals surface area contributed by atoms with Crippen molar-refractivity contribution in [1.82, 2.24) is 0 Å². The van der Waals surface area contributed by atoms with E-state index in [1.54, 1.807) is 31.2 Å². The molecule has 1 atom stereocenters. The van der Waals surface area contributed by atoms with Crippen LogP contribution in [0.4, 0.5) is 11.4 Å². The van der Waals surface area contributed by atoms with E-state index in [2.05, 4.69) is 10.2 Å². The van der Waals surface area contributed by atoms with Crippen molar-refractivity contribution >= 4 is 28.3 Å². The van der Waals surface area contributed by atoms with E-state index in [0.717, 1.165) is 35.5 Å². The van der Waals surface area contributed by atoms with Crippen molar-refractivity contribution in [2.45, 2.75) is 26.8 Å². The molecule has 1 aromatic heterocycles. The van der Waals surface area contributed by atoms with Crippen LogP contribution in [-0.2, 0) is 4.74 Å². The predicted molar refractivity (Wildman–Crippen MR) is 146 cm³/mol. The predicted octanol–water partition coefficient (Wildman–Crippen LogP) is 5.78. The molecule has 0 aliphatic carbocycles. The summed E-state index contributed by atoms with van der Waals surface area (Å²) in [6.07, 6.45) is 0. The molecule has 1 saturated heterocycles. The number of fused-ring (bicyclic) bond motifs is 1. The van der Waals surface area contributed by atoms with Crippen molar-refractivity contribution in [3.8, 4) is 11.3 Å². The van der Waals surface area contributed by atoms with Gasteiger partial charge in [-0.3, -0.25) is 4.79 Å². The minimum atomic E-state index is -1.01. The van der Waals surface area contributed by atoms with Gasteiger partial charge in [-0.2, -0.15) is 0 Å². The van der Waals surface area contributed by atoms with Crippen LogP contribution in [0.15, 0.2) is 69.9 Å². The summed E-state index contributed by atoms with van der Waals surface area (Å²) >= 11 is 0. The fourth-order valence-corrected chi connectivity index (χ4v) is 4.92. The molecular formula is C30H30N2O5. The lowest BCUT2D eigenvalue weighted by Gasteiger charge is -2.28. The number of hydrogen-bond acceptors (Lipinski definition) is 6. The van der Waals surface area contributed by atoms with Crippen molar-refractivity contribution in [3.05, 3.63) is 93.1 Å². The van der Waals surface area contributed by atoms with Gasteiger partial charge < -0.3 is 24.5 Å². The number of benzene rings is 3. The van der Waals surface area contributed by atoms with Gasteiger partial charge in [-0.25, -0.2) is 4.79 Å². The molecule has 0 amide bonds. The smallest absolute Gasteiger partial charge is 0.337 e. The summed E-state index contributed by atoms with van der Waals surface area (Å²) in [7, 11) is 0. The van der Waals surface area contributed by atoms with Crippen molar-refractivity contribution in [3.63, 3.8) is 0 Å². The van der Waals surface area contributed by atoms with Crippen LogP contribution in [0.3, 0.4) is 0 Å². The molecule has 1 fully saturated rings. The van der Waals surface area contributed by atoms with Crippen LogP contribution in [0.2, 0.25) is 0 Å². The number of carbonyl (C=O) groups is 1. The summed E-state index contributed by atoms with van der Waals surface area (Å²) in [5, 5.41) is 13.4. The van der Waals surface area contributed by atoms with Crippen LogP contribution in [0.1, 0.15) is 40.0 Å². The first-order valence-corrected chi connectivity index (χ1v) is 12.4. The van der Waals surface area contributed by atoms with Crippen LogP contribution < -0.4 is 15.6 Å². The van der Waals surface area contributed by atoms with Gasteiger partial charge >= 0.3 is 5.97 Å². The van der Waals surface area contributed by atoms with Gasteiger partial charge in [-0.05, 0) is 68.8 Å². The molecule has 2 heterocycles. The molecule has 0 spiro atoms. The van der Waals surface area contributed by atoms with E-state index in [1.807, 2.05) is 50.2 Å². The lowest BCUT2D eigenvalue weighted by atomic mass is 9.98. The third kappa shape index (κ3) is 4.82. The quantitative estimate of drug-likeness (QED) is 0.348. The van der Waals surface area contributed by atoms with Crippen LogP contribution in [0, 0.1) is 13.8 Å². The van der Waals surface area contributed by atoms with Crippen LogP contribution in [0.5, 0.6) is 0 Å². The first kappa shape index (κ1) is 24.6. The fourth-order valence-electron chi connectivity index (χ4n) is 4.92. The summed E-state index contributed by atoms with van der Waals surface area (Å²) < 4.78 is 11.9. The molecule has 0 unspecified atom stereocenters. The van der Waals surface area contributed by atoms with Gasteiger partial charge in [-0.15, -0.1) is 0 Å². The van der Waals surface area contributed by atoms with E-state index in [1.165, 1.54) is 0 Å². The number of nitrogens with zero attached hydrogens (tertiary/aromatic N) is 1. The van der Waals surface area contributed by atoms with Crippen molar-refractivity contribution in [2.24, 2.45) is 0 Å². The van der Waals surface area contributed by atoms with Crippen molar-refractivity contribution < 1.29 is 19.1 Å². The standard InChI is InChI=1S/C30H30N2O5/c1-18-16-24(20(3)31-26-7-5-4-6-23(26)30(34)35)29-25(17-18)27(33)19(2)28(37-29)21-8-10-22(11-9-21)32-12-14-36-15-13-32/h4-11,16-17,20,31H,12-15H2,1-3H3,(H,34,35)/t20-/m0/s1. The van der Waals surface area contributed by atoms with Gasteiger partial charge in [0.2, 0.25) is 0 Å². The highest BCUT2D eigenvalue weighted by molar-refractivity contribution is 5.94. The molecule has 5 rings (SSSR count). The molecule has 1 aliphatic heterocycles. The number of anilines is 2. The summed E-state index contributed by atoms with van der Waals surface area (Å²) in [5.74, 6) is -0.469. The largest absolute Gasteiger partial charge is 0.478 e. The van der Waals surface area contributed by atoms with Crippen LogP contribution in [-0.4, -0.2) is 37.4 Å². The lowest BCUT2D eigenvalue weighted by molar-refractivity contribution is 0.0698. The second kappa shape index (κ2) is 10.1. The molecule has 3 aromatic carbocycles.